The van der Waals surface area contributed by atoms with Gasteiger partial charge in [0.1, 0.15) is 13.2 Å². The van der Waals surface area contributed by atoms with E-state index in [1.165, 1.54) is 0 Å². The molecule has 0 saturated carbocycles. The highest BCUT2D eigenvalue weighted by molar-refractivity contribution is 6.62. The maximum absolute atomic E-state index is 12.3. The highest BCUT2D eigenvalue weighted by Gasteiger charge is 2.31. The van der Waals surface area contributed by atoms with Gasteiger partial charge < -0.3 is 24.5 Å². The number of carbonyl (C=O) groups excluding carboxylic acids is 2. The molecule has 1 amide bonds. The number of amides is 1. The molecule has 8 heteroatoms. The van der Waals surface area contributed by atoms with Crippen LogP contribution in [0.5, 0.6) is 0 Å². The van der Waals surface area contributed by atoms with Gasteiger partial charge in [-0.05, 0) is 42.4 Å². The Morgan fingerprint density at radius 1 is 1.46 bits per heavy atom. The fourth-order valence-electron chi connectivity index (χ4n) is 3.01. The van der Waals surface area contributed by atoms with E-state index in [0.29, 0.717) is 29.8 Å². The van der Waals surface area contributed by atoms with Crippen molar-refractivity contribution in [1.29, 1.82) is 0 Å². The van der Waals surface area contributed by atoms with Crippen LogP contribution in [0.3, 0.4) is 0 Å². The molecular formula is C16H20BNO6. The smallest absolute Gasteiger partial charge is 0.462 e. The SMILES string of the molecule is Cc1c(C(=O)NCC(=O)OCC2CCCO2)ccc2c1B(O)OC2. The van der Waals surface area contributed by atoms with Gasteiger partial charge in [-0.25, -0.2) is 0 Å². The van der Waals surface area contributed by atoms with E-state index in [4.69, 9.17) is 14.1 Å². The van der Waals surface area contributed by atoms with Crippen molar-refractivity contribution in [2.45, 2.75) is 32.5 Å². The second kappa shape index (κ2) is 7.33. The zero-order valence-electron chi connectivity index (χ0n) is 13.5. The third-order valence-electron chi connectivity index (χ3n) is 4.34. The molecule has 0 bridgehead atoms. The van der Waals surface area contributed by atoms with Gasteiger partial charge in [-0.3, -0.25) is 9.59 Å². The summed E-state index contributed by atoms with van der Waals surface area (Å²) in [5.74, 6) is -0.885. The van der Waals surface area contributed by atoms with Crippen molar-refractivity contribution in [2.24, 2.45) is 0 Å². The lowest BCUT2D eigenvalue weighted by molar-refractivity contribution is -0.145. The maximum Gasteiger partial charge on any atom is 0.492 e. The molecule has 2 aliphatic heterocycles. The van der Waals surface area contributed by atoms with Crippen LogP contribution in [0.15, 0.2) is 12.1 Å². The average Bonchev–Trinajstić information content (AvgIpc) is 3.21. The molecule has 1 unspecified atom stereocenters. The number of hydrogen-bond acceptors (Lipinski definition) is 6. The van der Waals surface area contributed by atoms with E-state index in [9.17, 15) is 14.6 Å². The van der Waals surface area contributed by atoms with Crippen molar-refractivity contribution in [3.05, 3.63) is 28.8 Å². The molecule has 24 heavy (non-hydrogen) atoms. The molecule has 0 aliphatic carbocycles. The van der Waals surface area contributed by atoms with Crippen molar-refractivity contribution in [2.75, 3.05) is 19.8 Å². The molecule has 1 aromatic carbocycles. The van der Waals surface area contributed by atoms with E-state index in [1.54, 1.807) is 19.1 Å². The summed E-state index contributed by atoms with van der Waals surface area (Å²) in [6.07, 6.45) is 1.83. The van der Waals surface area contributed by atoms with Gasteiger partial charge in [0.05, 0.1) is 12.7 Å². The van der Waals surface area contributed by atoms with E-state index in [1.807, 2.05) is 0 Å². The van der Waals surface area contributed by atoms with Crippen LogP contribution in [-0.4, -0.2) is 49.9 Å². The Bertz CT molecular complexity index is 644. The van der Waals surface area contributed by atoms with E-state index in [-0.39, 0.29) is 25.2 Å². The van der Waals surface area contributed by atoms with Crippen LogP contribution in [0.25, 0.3) is 0 Å². The first-order valence-electron chi connectivity index (χ1n) is 8.03. The summed E-state index contributed by atoms with van der Waals surface area (Å²) in [5, 5.41) is 12.4. The fourth-order valence-corrected chi connectivity index (χ4v) is 3.01. The standard InChI is InChI=1S/C16H20BNO6/c1-10-13(5-4-11-8-24-17(21)15(10)11)16(20)18-7-14(19)23-9-12-3-2-6-22-12/h4-5,12,21H,2-3,6-9H2,1H3,(H,18,20). The molecule has 3 rings (SSSR count). The van der Waals surface area contributed by atoms with Gasteiger partial charge in [-0.15, -0.1) is 0 Å². The van der Waals surface area contributed by atoms with Crippen molar-refractivity contribution >= 4 is 24.5 Å². The molecule has 1 fully saturated rings. The molecule has 1 atom stereocenters. The van der Waals surface area contributed by atoms with Crippen LogP contribution in [0, 0.1) is 6.92 Å². The number of carbonyl (C=O) groups is 2. The number of nitrogens with one attached hydrogen (secondary N) is 1. The molecule has 0 radical (unpaired) electrons. The highest BCUT2D eigenvalue weighted by Crippen LogP contribution is 2.16. The molecule has 1 aromatic rings. The van der Waals surface area contributed by atoms with E-state index in [0.717, 1.165) is 18.4 Å². The number of esters is 1. The third-order valence-corrected chi connectivity index (χ3v) is 4.34. The quantitative estimate of drug-likeness (QED) is 0.566. The Kier molecular flexibility index (Phi) is 5.18. The summed E-state index contributed by atoms with van der Waals surface area (Å²) in [7, 11) is -1.01. The lowest BCUT2D eigenvalue weighted by Gasteiger charge is -2.12. The monoisotopic (exact) mass is 333 g/mol. The first kappa shape index (κ1) is 16.9. The third kappa shape index (κ3) is 3.61. The van der Waals surface area contributed by atoms with Crippen molar-refractivity contribution < 1.29 is 28.7 Å². The van der Waals surface area contributed by atoms with Gasteiger partial charge in [0.25, 0.3) is 5.91 Å². The number of rotatable bonds is 5. The van der Waals surface area contributed by atoms with Gasteiger partial charge in [0.15, 0.2) is 0 Å². The van der Waals surface area contributed by atoms with Gasteiger partial charge in [-0.1, -0.05) is 6.07 Å². The minimum absolute atomic E-state index is 0.0369. The van der Waals surface area contributed by atoms with Crippen molar-refractivity contribution in [1.82, 2.24) is 5.32 Å². The van der Waals surface area contributed by atoms with Gasteiger partial charge >= 0.3 is 13.1 Å². The zero-order chi connectivity index (χ0) is 17.1. The first-order valence-corrected chi connectivity index (χ1v) is 8.03. The van der Waals surface area contributed by atoms with Gasteiger partial charge in [-0.2, -0.15) is 0 Å². The highest BCUT2D eigenvalue weighted by atomic mass is 16.6. The predicted octanol–water partition coefficient (Wildman–Crippen LogP) is -0.335. The van der Waals surface area contributed by atoms with Crippen molar-refractivity contribution in [3.63, 3.8) is 0 Å². The van der Waals surface area contributed by atoms with Crippen LogP contribution in [0.2, 0.25) is 0 Å². The summed E-state index contributed by atoms with van der Waals surface area (Å²) < 4.78 is 15.6. The summed E-state index contributed by atoms with van der Waals surface area (Å²) in [6.45, 7) is 2.79. The van der Waals surface area contributed by atoms with Crippen LogP contribution >= 0.6 is 0 Å². The molecule has 2 heterocycles. The molecule has 7 nitrogen and oxygen atoms in total. The summed E-state index contributed by atoms with van der Waals surface area (Å²) >= 11 is 0. The van der Waals surface area contributed by atoms with Crippen LogP contribution in [0.4, 0.5) is 0 Å². The number of ether oxygens (including phenoxy) is 2. The minimum atomic E-state index is -1.01. The second-order valence-corrected chi connectivity index (χ2v) is 5.98. The normalized spacial score (nSPS) is 19.2. The second-order valence-electron chi connectivity index (χ2n) is 5.98. The minimum Gasteiger partial charge on any atom is -0.462 e. The Labute approximate surface area is 140 Å². The number of fused-ring (bicyclic) bond motifs is 1. The van der Waals surface area contributed by atoms with Gasteiger partial charge in [0.2, 0.25) is 0 Å². The fraction of sp³-hybridized carbons (Fsp3) is 0.500. The van der Waals surface area contributed by atoms with Crippen molar-refractivity contribution in [3.8, 4) is 0 Å². The maximum atomic E-state index is 12.3. The molecule has 0 aromatic heterocycles. The summed E-state index contributed by atoms with van der Waals surface area (Å²) in [4.78, 5) is 24.0. The molecule has 2 aliphatic rings. The number of benzene rings is 1. The van der Waals surface area contributed by atoms with Crippen LogP contribution in [0.1, 0.15) is 34.3 Å². The Balaban J connectivity index is 1.53. The largest absolute Gasteiger partial charge is 0.492 e. The zero-order valence-corrected chi connectivity index (χ0v) is 13.5. The molecule has 2 N–H and O–H groups in total. The van der Waals surface area contributed by atoms with E-state index in [2.05, 4.69) is 5.32 Å². The lowest BCUT2D eigenvalue weighted by Crippen LogP contribution is -2.35. The lowest BCUT2D eigenvalue weighted by atomic mass is 9.75. The molecule has 1 saturated heterocycles. The predicted molar refractivity (Wildman–Crippen MR) is 85.8 cm³/mol. The Morgan fingerprint density at radius 3 is 3.04 bits per heavy atom. The average molecular weight is 333 g/mol. The molecular weight excluding hydrogens is 313 g/mol. The first-order chi connectivity index (χ1) is 11.6. The van der Waals surface area contributed by atoms with Crippen LogP contribution in [-0.2, 0) is 25.5 Å². The Morgan fingerprint density at radius 2 is 2.29 bits per heavy atom. The van der Waals surface area contributed by atoms with E-state index >= 15 is 0 Å². The topological polar surface area (TPSA) is 94.1 Å². The van der Waals surface area contributed by atoms with Crippen LogP contribution < -0.4 is 10.8 Å². The summed E-state index contributed by atoms with van der Waals surface area (Å²) in [6, 6.07) is 3.42. The summed E-state index contributed by atoms with van der Waals surface area (Å²) in [5.41, 5.74) is 2.56. The number of hydrogen-bond donors (Lipinski definition) is 2. The Hall–Kier alpha value is -1.90. The van der Waals surface area contributed by atoms with E-state index < -0.39 is 13.1 Å². The molecule has 128 valence electrons. The van der Waals surface area contributed by atoms with Gasteiger partial charge in [0, 0.05) is 12.2 Å². The molecule has 0 spiro atoms.